The van der Waals surface area contributed by atoms with Crippen LogP contribution < -0.4 is 14.8 Å². The standard InChI is InChI=1S/C24H32N2O4/c1-17(2)14-25-24(28)19(4)26(15-20-10-8-11-21(13-20)29-5)23(27)16-30-22-12-7-6-9-18(22)3/h6-13,17,19H,14-16H2,1-5H3,(H,25,28)/t19-/m1/s1. The molecule has 0 spiro atoms. The summed E-state index contributed by atoms with van der Waals surface area (Å²) in [5, 5.41) is 2.91. The molecular formula is C24H32N2O4. The maximum absolute atomic E-state index is 13.1. The lowest BCUT2D eigenvalue weighted by molar-refractivity contribution is -0.142. The van der Waals surface area contributed by atoms with E-state index in [2.05, 4.69) is 5.32 Å². The Hall–Kier alpha value is -3.02. The maximum atomic E-state index is 13.1. The van der Waals surface area contributed by atoms with Crippen LogP contribution in [0.5, 0.6) is 11.5 Å². The van der Waals surface area contributed by atoms with Crippen molar-refractivity contribution >= 4 is 11.8 Å². The number of rotatable bonds is 10. The summed E-state index contributed by atoms with van der Waals surface area (Å²) in [5.41, 5.74) is 1.83. The van der Waals surface area contributed by atoms with E-state index in [0.717, 1.165) is 11.1 Å². The van der Waals surface area contributed by atoms with E-state index in [-0.39, 0.29) is 25.0 Å². The molecule has 0 heterocycles. The molecule has 0 aromatic heterocycles. The number of hydrogen-bond donors (Lipinski definition) is 1. The van der Waals surface area contributed by atoms with Gasteiger partial charge in [0.2, 0.25) is 5.91 Å². The van der Waals surface area contributed by atoms with Crippen LogP contribution in [0.25, 0.3) is 0 Å². The van der Waals surface area contributed by atoms with Gasteiger partial charge in [0.15, 0.2) is 6.61 Å². The average Bonchev–Trinajstić information content (AvgIpc) is 2.74. The molecule has 0 radical (unpaired) electrons. The Morgan fingerprint density at radius 2 is 1.80 bits per heavy atom. The van der Waals surface area contributed by atoms with Gasteiger partial charge in [-0.05, 0) is 49.1 Å². The number of methoxy groups -OCH3 is 1. The summed E-state index contributed by atoms with van der Waals surface area (Å²) in [5.74, 6) is 1.24. The van der Waals surface area contributed by atoms with Crippen molar-refractivity contribution < 1.29 is 19.1 Å². The molecule has 2 amide bonds. The number of para-hydroxylation sites is 1. The normalized spacial score (nSPS) is 11.7. The number of ether oxygens (including phenoxy) is 2. The van der Waals surface area contributed by atoms with E-state index >= 15 is 0 Å². The van der Waals surface area contributed by atoms with Crippen molar-refractivity contribution in [1.29, 1.82) is 0 Å². The van der Waals surface area contributed by atoms with Gasteiger partial charge in [-0.15, -0.1) is 0 Å². The summed E-state index contributed by atoms with van der Waals surface area (Å²) >= 11 is 0. The zero-order valence-corrected chi connectivity index (χ0v) is 18.5. The molecule has 30 heavy (non-hydrogen) atoms. The summed E-state index contributed by atoms with van der Waals surface area (Å²) in [6.45, 7) is 8.42. The highest BCUT2D eigenvalue weighted by atomic mass is 16.5. The average molecular weight is 413 g/mol. The first-order valence-corrected chi connectivity index (χ1v) is 10.2. The molecule has 1 atom stereocenters. The van der Waals surface area contributed by atoms with Gasteiger partial charge in [-0.3, -0.25) is 9.59 Å². The van der Waals surface area contributed by atoms with E-state index in [0.29, 0.717) is 24.0 Å². The summed E-state index contributed by atoms with van der Waals surface area (Å²) in [4.78, 5) is 27.3. The predicted octanol–water partition coefficient (Wildman–Crippen LogP) is 3.57. The third kappa shape index (κ3) is 6.79. The van der Waals surface area contributed by atoms with Gasteiger partial charge < -0.3 is 19.7 Å². The smallest absolute Gasteiger partial charge is 0.261 e. The summed E-state index contributed by atoms with van der Waals surface area (Å²) in [7, 11) is 1.60. The fourth-order valence-electron chi connectivity index (χ4n) is 2.94. The van der Waals surface area contributed by atoms with Gasteiger partial charge in [-0.2, -0.15) is 0 Å². The number of carbonyl (C=O) groups excluding carboxylic acids is 2. The largest absolute Gasteiger partial charge is 0.497 e. The van der Waals surface area contributed by atoms with E-state index < -0.39 is 6.04 Å². The highest BCUT2D eigenvalue weighted by Gasteiger charge is 2.26. The van der Waals surface area contributed by atoms with Gasteiger partial charge in [0.05, 0.1) is 7.11 Å². The van der Waals surface area contributed by atoms with Crippen molar-refractivity contribution in [3.8, 4) is 11.5 Å². The van der Waals surface area contributed by atoms with Crippen LogP contribution in [0.1, 0.15) is 31.9 Å². The molecule has 2 rings (SSSR count). The Bertz CT molecular complexity index is 851. The third-order valence-corrected chi connectivity index (χ3v) is 4.78. The molecule has 0 saturated heterocycles. The highest BCUT2D eigenvalue weighted by Crippen LogP contribution is 2.18. The van der Waals surface area contributed by atoms with Crippen molar-refractivity contribution in [2.75, 3.05) is 20.3 Å². The van der Waals surface area contributed by atoms with Crippen LogP contribution in [-0.4, -0.2) is 43.0 Å². The molecule has 0 unspecified atom stereocenters. The number of amides is 2. The Morgan fingerprint density at radius 3 is 2.47 bits per heavy atom. The molecule has 2 aromatic rings. The molecule has 0 aliphatic carbocycles. The Kier molecular flexibility index (Phi) is 8.71. The Morgan fingerprint density at radius 1 is 1.07 bits per heavy atom. The lowest BCUT2D eigenvalue weighted by atomic mass is 10.1. The maximum Gasteiger partial charge on any atom is 0.261 e. The number of hydrogen-bond acceptors (Lipinski definition) is 4. The van der Waals surface area contributed by atoms with Crippen molar-refractivity contribution in [3.05, 3.63) is 59.7 Å². The molecule has 0 saturated carbocycles. The van der Waals surface area contributed by atoms with Crippen molar-refractivity contribution in [1.82, 2.24) is 10.2 Å². The summed E-state index contributed by atoms with van der Waals surface area (Å²) in [6, 6.07) is 14.4. The third-order valence-electron chi connectivity index (χ3n) is 4.78. The minimum atomic E-state index is -0.636. The lowest BCUT2D eigenvalue weighted by Gasteiger charge is -2.29. The van der Waals surface area contributed by atoms with Crippen LogP contribution >= 0.6 is 0 Å². The van der Waals surface area contributed by atoms with E-state index in [4.69, 9.17) is 9.47 Å². The Labute approximate surface area is 179 Å². The molecule has 1 N–H and O–H groups in total. The minimum Gasteiger partial charge on any atom is -0.497 e. The second kappa shape index (κ2) is 11.2. The second-order valence-corrected chi connectivity index (χ2v) is 7.74. The van der Waals surface area contributed by atoms with E-state index in [1.807, 2.05) is 69.3 Å². The van der Waals surface area contributed by atoms with Gasteiger partial charge in [-0.1, -0.05) is 44.2 Å². The van der Waals surface area contributed by atoms with Gasteiger partial charge >= 0.3 is 0 Å². The van der Waals surface area contributed by atoms with Gasteiger partial charge in [0.1, 0.15) is 17.5 Å². The summed E-state index contributed by atoms with van der Waals surface area (Å²) in [6.07, 6.45) is 0. The fraction of sp³-hybridized carbons (Fsp3) is 0.417. The van der Waals surface area contributed by atoms with Crippen molar-refractivity contribution in [2.45, 2.75) is 40.3 Å². The highest BCUT2D eigenvalue weighted by molar-refractivity contribution is 5.88. The molecule has 6 heteroatoms. The zero-order chi connectivity index (χ0) is 22.1. The van der Waals surface area contributed by atoms with Crippen LogP contribution in [-0.2, 0) is 16.1 Å². The second-order valence-electron chi connectivity index (χ2n) is 7.74. The molecule has 0 bridgehead atoms. The van der Waals surface area contributed by atoms with Crippen LogP contribution in [0.4, 0.5) is 0 Å². The Balaban J connectivity index is 2.17. The van der Waals surface area contributed by atoms with E-state index in [9.17, 15) is 9.59 Å². The SMILES string of the molecule is COc1cccc(CN(C(=O)COc2ccccc2C)[C@H](C)C(=O)NCC(C)C)c1. The van der Waals surface area contributed by atoms with Crippen molar-refractivity contribution in [2.24, 2.45) is 5.92 Å². The van der Waals surface area contributed by atoms with Gasteiger partial charge in [0, 0.05) is 13.1 Å². The zero-order valence-electron chi connectivity index (χ0n) is 18.5. The van der Waals surface area contributed by atoms with Crippen LogP contribution in [0.15, 0.2) is 48.5 Å². The van der Waals surface area contributed by atoms with Crippen molar-refractivity contribution in [3.63, 3.8) is 0 Å². The first-order valence-electron chi connectivity index (χ1n) is 10.2. The molecule has 0 fully saturated rings. The number of nitrogens with zero attached hydrogens (tertiary/aromatic N) is 1. The van der Waals surface area contributed by atoms with Crippen LogP contribution in [0.3, 0.4) is 0 Å². The quantitative estimate of drug-likeness (QED) is 0.648. The monoisotopic (exact) mass is 412 g/mol. The van der Waals surface area contributed by atoms with Crippen LogP contribution in [0, 0.1) is 12.8 Å². The summed E-state index contributed by atoms with van der Waals surface area (Å²) < 4.78 is 11.0. The van der Waals surface area contributed by atoms with E-state index in [1.54, 1.807) is 18.9 Å². The lowest BCUT2D eigenvalue weighted by Crippen LogP contribution is -2.49. The number of carbonyl (C=O) groups is 2. The first kappa shape index (κ1) is 23.3. The number of benzene rings is 2. The fourth-order valence-corrected chi connectivity index (χ4v) is 2.94. The molecular weight excluding hydrogens is 380 g/mol. The molecule has 6 nitrogen and oxygen atoms in total. The number of nitrogens with one attached hydrogen (secondary N) is 1. The predicted molar refractivity (Wildman–Crippen MR) is 118 cm³/mol. The molecule has 2 aromatic carbocycles. The minimum absolute atomic E-state index is 0.142. The van der Waals surface area contributed by atoms with Gasteiger partial charge in [0.25, 0.3) is 5.91 Å². The van der Waals surface area contributed by atoms with E-state index in [1.165, 1.54) is 0 Å². The van der Waals surface area contributed by atoms with Gasteiger partial charge in [-0.25, -0.2) is 0 Å². The first-order chi connectivity index (χ1) is 14.3. The molecule has 0 aliphatic rings. The molecule has 0 aliphatic heterocycles. The van der Waals surface area contributed by atoms with Crippen LogP contribution in [0.2, 0.25) is 0 Å². The number of aryl methyl sites for hydroxylation is 1. The molecule has 162 valence electrons. The topological polar surface area (TPSA) is 67.9 Å².